The minimum Gasteiger partial charge on any atom is -0.321 e. The normalized spacial score (nSPS) is 12.2. The number of hydrogen-bond donors (Lipinski definition) is 1. The Bertz CT molecular complexity index is 1480. The second kappa shape index (κ2) is 9.29. The first-order valence-corrected chi connectivity index (χ1v) is 10.7. The molecule has 0 bridgehead atoms. The van der Waals surface area contributed by atoms with Gasteiger partial charge in [-0.25, -0.2) is 0 Å². The van der Waals surface area contributed by atoms with Crippen LogP contribution in [0.1, 0.15) is 11.1 Å². The zero-order chi connectivity index (χ0) is 22.5. The van der Waals surface area contributed by atoms with Crippen molar-refractivity contribution >= 4 is 34.6 Å². The number of para-hydroxylation sites is 2. The lowest BCUT2D eigenvalue weighted by atomic mass is 10.1. The lowest BCUT2D eigenvalue weighted by molar-refractivity contribution is -0.111. The Hall–Kier alpha value is -4.21. The van der Waals surface area contributed by atoms with Crippen LogP contribution in [0.15, 0.2) is 89.7 Å². The summed E-state index contributed by atoms with van der Waals surface area (Å²) in [6, 6.07) is 27.7. The lowest BCUT2D eigenvalue weighted by Gasteiger charge is -2.05. The highest BCUT2D eigenvalue weighted by Crippen LogP contribution is 2.09. The van der Waals surface area contributed by atoms with Crippen LogP contribution in [0.2, 0.25) is 0 Å². The molecule has 0 saturated carbocycles. The summed E-state index contributed by atoms with van der Waals surface area (Å²) in [5, 5.41) is 12.6. The van der Waals surface area contributed by atoms with Crippen molar-refractivity contribution in [2.75, 3.05) is 5.32 Å². The highest BCUT2D eigenvalue weighted by atomic mass is 32.1. The van der Waals surface area contributed by atoms with Crippen molar-refractivity contribution in [2.24, 2.45) is 0 Å². The van der Waals surface area contributed by atoms with Gasteiger partial charge in [0.2, 0.25) is 0 Å². The summed E-state index contributed by atoms with van der Waals surface area (Å²) in [6.45, 7) is 1.99. The molecule has 0 spiro atoms. The fraction of sp³-hybridized carbons (Fsp3) is 0.0385. The minimum absolute atomic E-state index is 0.122. The van der Waals surface area contributed by atoms with Crippen molar-refractivity contribution in [1.29, 1.82) is 5.26 Å². The number of carbonyl (C=O) groups excluding carboxylic acids is 1. The molecule has 3 aromatic carbocycles. The Morgan fingerprint density at radius 1 is 0.969 bits per heavy atom. The van der Waals surface area contributed by atoms with Gasteiger partial charge < -0.3 is 5.32 Å². The maximum absolute atomic E-state index is 13.4. The molecule has 0 aliphatic rings. The number of amides is 1. The molecule has 0 aliphatic carbocycles. The van der Waals surface area contributed by atoms with Crippen molar-refractivity contribution in [3.8, 4) is 11.8 Å². The van der Waals surface area contributed by atoms with Gasteiger partial charge in [-0.15, -0.1) is 11.3 Å². The fourth-order valence-corrected chi connectivity index (χ4v) is 4.29. The van der Waals surface area contributed by atoms with Crippen LogP contribution in [0.4, 0.5) is 5.69 Å². The quantitative estimate of drug-likeness (QED) is 0.532. The lowest BCUT2D eigenvalue weighted by Crippen LogP contribution is -2.32. The van der Waals surface area contributed by atoms with Crippen molar-refractivity contribution in [3.63, 3.8) is 0 Å². The van der Waals surface area contributed by atoms with E-state index in [1.54, 1.807) is 42.5 Å². The molecule has 4 aromatic rings. The van der Waals surface area contributed by atoms with Gasteiger partial charge >= 0.3 is 0 Å². The molecule has 1 aromatic heterocycles. The topological polar surface area (TPSA) is 74.9 Å². The SMILES string of the molecule is Cc1ccc(C=c2sc(=C(C#N)C(=O)Nc3ccccc3)n(-c3ccccc3)c2=O)cc1. The largest absolute Gasteiger partial charge is 0.321 e. The number of nitriles is 1. The third-order valence-corrected chi connectivity index (χ3v) is 5.89. The Labute approximate surface area is 188 Å². The van der Waals surface area contributed by atoms with Gasteiger partial charge in [-0.05, 0) is 42.8 Å². The number of aromatic nitrogens is 1. The van der Waals surface area contributed by atoms with E-state index in [0.29, 0.717) is 15.9 Å². The van der Waals surface area contributed by atoms with Crippen LogP contribution in [-0.2, 0) is 4.79 Å². The average molecular weight is 438 g/mol. The fourth-order valence-electron chi connectivity index (χ4n) is 3.19. The molecule has 0 saturated heterocycles. The summed E-state index contributed by atoms with van der Waals surface area (Å²) < 4.78 is 2.15. The van der Waals surface area contributed by atoms with Crippen molar-refractivity contribution < 1.29 is 4.79 Å². The number of nitrogens with one attached hydrogen (secondary N) is 1. The first-order valence-electron chi connectivity index (χ1n) is 9.93. The van der Waals surface area contributed by atoms with Gasteiger partial charge in [0, 0.05) is 5.69 Å². The van der Waals surface area contributed by atoms with E-state index in [2.05, 4.69) is 5.32 Å². The predicted octanol–water partition coefficient (Wildman–Crippen LogP) is 3.35. The average Bonchev–Trinajstić information content (AvgIpc) is 3.12. The Kier molecular flexibility index (Phi) is 6.11. The minimum atomic E-state index is -0.563. The van der Waals surface area contributed by atoms with E-state index < -0.39 is 5.91 Å². The highest BCUT2D eigenvalue weighted by molar-refractivity contribution is 7.07. The van der Waals surface area contributed by atoms with Crippen molar-refractivity contribution in [1.82, 2.24) is 4.57 Å². The summed E-state index contributed by atoms with van der Waals surface area (Å²) >= 11 is 1.13. The first-order chi connectivity index (χ1) is 15.6. The van der Waals surface area contributed by atoms with E-state index in [1.807, 2.05) is 61.5 Å². The molecule has 4 rings (SSSR count). The van der Waals surface area contributed by atoms with Crippen LogP contribution in [0.3, 0.4) is 0 Å². The van der Waals surface area contributed by atoms with E-state index in [9.17, 15) is 14.9 Å². The number of anilines is 1. The van der Waals surface area contributed by atoms with E-state index in [0.717, 1.165) is 22.5 Å². The number of carbonyl (C=O) groups is 1. The number of rotatable bonds is 4. The maximum atomic E-state index is 13.4. The molecule has 0 unspecified atom stereocenters. The number of nitrogens with zero attached hydrogens (tertiary/aromatic N) is 2. The molecule has 5 nitrogen and oxygen atoms in total. The van der Waals surface area contributed by atoms with E-state index in [-0.39, 0.29) is 15.8 Å². The van der Waals surface area contributed by atoms with Crippen LogP contribution >= 0.6 is 11.3 Å². The summed E-state index contributed by atoms with van der Waals surface area (Å²) in [6.07, 6.45) is 1.78. The van der Waals surface area contributed by atoms with Gasteiger partial charge in [-0.1, -0.05) is 66.2 Å². The summed E-state index contributed by atoms with van der Waals surface area (Å²) in [5.41, 5.74) is 2.75. The second-order valence-corrected chi connectivity index (χ2v) is 8.14. The van der Waals surface area contributed by atoms with Gasteiger partial charge in [0.1, 0.15) is 10.7 Å². The molecular formula is C26H19N3O2S. The Balaban J connectivity index is 1.95. The van der Waals surface area contributed by atoms with Gasteiger partial charge in [0.15, 0.2) is 5.57 Å². The molecular weight excluding hydrogens is 418 g/mol. The van der Waals surface area contributed by atoms with Crippen LogP contribution < -0.4 is 20.1 Å². The zero-order valence-electron chi connectivity index (χ0n) is 17.3. The van der Waals surface area contributed by atoms with Crippen LogP contribution in [0.5, 0.6) is 0 Å². The molecule has 1 N–H and O–H groups in total. The zero-order valence-corrected chi connectivity index (χ0v) is 18.1. The number of hydrogen-bond acceptors (Lipinski definition) is 4. The maximum Gasteiger partial charge on any atom is 0.273 e. The molecule has 1 amide bonds. The number of benzene rings is 3. The molecule has 156 valence electrons. The van der Waals surface area contributed by atoms with Crippen LogP contribution in [0.25, 0.3) is 17.3 Å². The van der Waals surface area contributed by atoms with Gasteiger partial charge in [-0.2, -0.15) is 5.26 Å². The first kappa shape index (κ1) is 21.0. The molecule has 32 heavy (non-hydrogen) atoms. The molecule has 6 heteroatoms. The molecule has 0 radical (unpaired) electrons. The third-order valence-electron chi connectivity index (χ3n) is 4.80. The Morgan fingerprint density at radius 3 is 2.22 bits per heavy atom. The van der Waals surface area contributed by atoms with Crippen LogP contribution in [-0.4, -0.2) is 10.5 Å². The third kappa shape index (κ3) is 4.43. The monoisotopic (exact) mass is 437 g/mol. The van der Waals surface area contributed by atoms with Gasteiger partial charge in [-0.3, -0.25) is 14.2 Å². The predicted molar refractivity (Wildman–Crippen MR) is 128 cm³/mol. The summed E-state index contributed by atoms with van der Waals surface area (Å²) in [7, 11) is 0. The summed E-state index contributed by atoms with van der Waals surface area (Å²) in [5.74, 6) is -0.563. The molecule has 0 atom stereocenters. The number of aryl methyl sites for hydroxylation is 1. The van der Waals surface area contributed by atoms with E-state index >= 15 is 0 Å². The smallest absolute Gasteiger partial charge is 0.273 e. The van der Waals surface area contributed by atoms with Gasteiger partial charge in [0.05, 0.1) is 10.2 Å². The van der Waals surface area contributed by atoms with Gasteiger partial charge in [0.25, 0.3) is 11.5 Å². The molecule has 0 aliphatic heterocycles. The standard InChI is InChI=1S/C26H19N3O2S/c1-18-12-14-19(15-13-18)16-23-25(31)29(21-10-6-3-7-11-21)26(32-23)22(17-27)24(30)28-20-8-4-2-5-9-20/h2-16H,1H3,(H,28,30). The summed E-state index contributed by atoms with van der Waals surface area (Å²) in [4.78, 5) is 26.3. The van der Waals surface area contributed by atoms with Crippen LogP contribution in [0, 0.1) is 18.3 Å². The highest BCUT2D eigenvalue weighted by Gasteiger charge is 2.17. The number of thiazole rings is 1. The van der Waals surface area contributed by atoms with E-state index in [1.165, 1.54) is 4.57 Å². The Morgan fingerprint density at radius 2 is 1.59 bits per heavy atom. The van der Waals surface area contributed by atoms with Crippen molar-refractivity contribution in [3.05, 3.63) is 116 Å². The van der Waals surface area contributed by atoms with E-state index in [4.69, 9.17) is 0 Å². The van der Waals surface area contributed by atoms with Crippen molar-refractivity contribution in [2.45, 2.75) is 6.92 Å². The second-order valence-electron chi connectivity index (χ2n) is 7.11. The molecule has 0 fully saturated rings. The molecule has 1 heterocycles.